The molecule has 1 aromatic rings. The van der Waals surface area contributed by atoms with Crippen LogP contribution in [0.5, 0.6) is 0 Å². The molecule has 1 aromatic carbocycles. The van der Waals surface area contributed by atoms with Crippen molar-refractivity contribution in [2.75, 3.05) is 6.54 Å². The van der Waals surface area contributed by atoms with Gasteiger partial charge in [0.05, 0.1) is 5.54 Å². The summed E-state index contributed by atoms with van der Waals surface area (Å²) in [5.74, 6) is -2.20. The van der Waals surface area contributed by atoms with Crippen molar-refractivity contribution in [3.05, 3.63) is 35.4 Å². The van der Waals surface area contributed by atoms with Gasteiger partial charge in [-0.3, -0.25) is 4.79 Å². The molecular weight excluding hydrogens is 212 g/mol. The molecule has 0 unspecified atom stereocenters. The number of carbonyl (C=O) groups is 1. The lowest BCUT2D eigenvalue weighted by Gasteiger charge is -2.24. The Hall–Kier alpha value is -1.29. The van der Waals surface area contributed by atoms with E-state index in [1.807, 2.05) is 6.92 Å². The molecule has 0 radical (unpaired) electrons. The van der Waals surface area contributed by atoms with Crippen LogP contribution in [0.25, 0.3) is 0 Å². The summed E-state index contributed by atoms with van der Waals surface area (Å²) in [5.41, 5.74) is -0.608. The van der Waals surface area contributed by atoms with Crippen molar-refractivity contribution >= 4 is 5.78 Å². The number of nitrogens with one attached hydrogen (secondary N) is 1. The third kappa shape index (κ3) is 2.64. The first-order chi connectivity index (χ1) is 7.38. The Morgan fingerprint density at radius 1 is 1.31 bits per heavy atom. The molecule has 4 heteroatoms. The van der Waals surface area contributed by atoms with Gasteiger partial charge in [-0.05, 0) is 38.6 Å². The quantitative estimate of drug-likeness (QED) is 0.801. The molecule has 16 heavy (non-hydrogen) atoms. The fraction of sp³-hybridized carbons (Fsp3) is 0.417. The van der Waals surface area contributed by atoms with Crippen LogP contribution in [-0.4, -0.2) is 17.9 Å². The number of likely N-dealkylation sites (N-methyl/N-ethyl adjacent to an activating group) is 1. The second-order valence-corrected chi connectivity index (χ2v) is 4.11. The number of halogens is 2. The van der Waals surface area contributed by atoms with Gasteiger partial charge in [0, 0.05) is 5.56 Å². The average Bonchev–Trinajstić information content (AvgIpc) is 2.21. The van der Waals surface area contributed by atoms with Crippen LogP contribution >= 0.6 is 0 Å². The molecule has 1 N–H and O–H groups in total. The number of benzene rings is 1. The molecule has 0 heterocycles. The van der Waals surface area contributed by atoms with Gasteiger partial charge < -0.3 is 5.32 Å². The lowest BCUT2D eigenvalue weighted by atomic mass is 9.93. The fourth-order valence-corrected chi connectivity index (χ4v) is 1.52. The Morgan fingerprint density at radius 2 is 1.94 bits per heavy atom. The van der Waals surface area contributed by atoms with Crippen LogP contribution in [0.1, 0.15) is 31.1 Å². The lowest BCUT2D eigenvalue weighted by Crippen LogP contribution is -2.46. The summed E-state index contributed by atoms with van der Waals surface area (Å²) in [7, 11) is 0. The summed E-state index contributed by atoms with van der Waals surface area (Å²) in [5, 5.41) is 2.99. The molecule has 1 rings (SSSR count). The van der Waals surface area contributed by atoms with Crippen LogP contribution in [0, 0.1) is 11.6 Å². The first-order valence-electron chi connectivity index (χ1n) is 5.13. The zero-order valence-corrected chi connectivity index (χ0v) is 9.60. The predicted molar refractivity (Wildman–Crippen MR) is 58.4 cm³/mol. The third-order valence-electron chi connectivity index (χ3n) is 2.37. The van der Waals surface area contributed by atoms with E-state index >= 15 is 0 Å². The van der Waals surface area contributed by atoms with E-state index in [1.165, 1.54) is 6.07 Å². The number of ketones is 1. The molecule has 0 spiro atoms. The highest BCUT2D eigenvalue weighted by molar-refractivity contribution is 6.02. The zero-order valence-electron chi connectivity index (χ0n) is 9.60. The Morgan fingerprint density at radius 3 is 2.44 bits per heavy atom. The Balaban J connectivity index is 3.01. The first-order valence-corrected chi connectivity index (χ1v) is 5.13. The van der Waals surface area contributed by atoms with Gasteiger partial charge in [0.15, 0.2) is 17.4 Å². The second-order valence-electron chi connectivity index (χ2n) is 4.11. The van der Waals surface area contributed by atoms with E-state index in [0.717, 1.165) is 12.1 Å². The monoisotopic (exact) mass is 227 g/mol. The Labute approximate surface area is 93.7 Å². The van der Waals surface area contributed by atoms with Crippen molar-refractivity contribution in [2.45, 2.75) is 26.3 Å². The zero-order chi connectivity index (χ0) is 12.3. The third-order valence-corrected chi connectivity index (χ3v) is 2.37. The van der Waals surface area contributed by atoms with Crippen LogP contribution in [0.2, 0.25) is 0 Å². The molecule has 0 saturated carbocycles. The molecule has 0 saturated heterocycles. The maximum absolute atomic E-state index is 13.0. The second kappa shape index (κ2) is 4.70. The highest BCUT2D eigenvalue weighted by Gasteiger charge is 2.27. The van der Waals surface area contributed by atoms with Crippen molar-refractivity contribution in [1.82, 2.24) is 5.32 Å². The van der Waals surface area contributed by atoms with Crippen LogP contribution in [0.3, 0.4) is 0 Å². The van der Waals surface area contributed by atoms with E-state index < -0.39 is 17.2 Å². The predicted octanol–water partition coefficient (Wildman–Crippen LogP) is 2.54. The van der Waals surface area contributed by atoms with Crippen LogP contribution in [0.4, 0.5) is 8.78 Å². The molecule has 0 aliphatic heterocycles. The van der Waals surface area contributed by atoms with Gasteiger partial charge in [0.2, 0.25) is 0 Å². The van der Waals surface area contributed by atoms with Gasteiger partial charge in [-0.2, -0.15) is 0 Å². The normalized spacial score (nSPS) is 11.6. The number of Topliss-reactive ketones (excluding diaryl/α,β-unsaturated/α-hetero) is 1. The SMILES string of the molecule is CCNC(C)(C)C(=O)c1ccc(F)c(F)c1. The first kappa shape index (κ1) is 12.8. The van der Waals surface area contributed by atoms with E-state index in [9.17, 15) is 13.6 Å². The van der Waals surface area contributed by atoms with E-state index in [4.69, 9.17) is 0 Å². The molecule has 0 fully saturated rings. The van der Waals surface area contributed by atoms with Crippen molar-refractivity contribution in [3.8, 4) is 0 Å². The highest BCUT2D eigenvalue weighted by Crippen LogP contribution is 2.15. The summed E-state index contributed by atoms with van der Waals surface area (Å²) < 4.78 is 25.7. The summed E-state index contributed by atoms with van der Waals surface area (Å²) in [6, 6.07) is 3.18. The molecule has 88 valence electrons. The molecule has 0 atom stereocenters. The van der Waals surface area contributed by atoms with Gasteiger partial charge in [0.1, 0.15) is 0 Å². The van der Waals surface area contributed by atoms with Crippen LogP contribution < -0.4 is 5.32 Å². The standard InChI is InChI=1S/C12H15F2NO/c1-4-15-12(2,3)11(16)8-5-6-9(13)10(14)7-8/h5-7,15H,4H2,1-3H3. The lowest BCUT2D eigenvalue weighted by molar-refractivity contribution is 0.0883. The maximum atomic E-state index is 13.0. The minimum Gasteiger partial charge on any atom is -0.305 e. The smallest absolute Gasteiger partial charge is 0.182 e. The van der Waals surface area contributed by atoms with Gasteiger partial charge in [-0.1, -0.05) is 6.92 Å². The van der Waals surface area contributed by atoms with Crippen LogP contribution in [0.15, 0.2) is 18.2 Å². The summed E-state index contributed by atoms with van der Waals surface area (Å²) >= 11 is 0. The highest BCUT2D eigenvalue weighted by atomic mass is 19.2. The Bertz CT molecular complexity index is 402. The molecule has 0 aromatic heterocycles. The average molecular weight is 227 g/mol. The minimum absolute atomic E-state index is 0.171. The number of rotatable bonds is 4. The van der Waals surface area contributed by atoms with E-state index in [-0.39, 0.29) is 11.3 Å². The van der Waals surface area contributed by atoms with Gasteiger partial charge in [0.25, 0.3) is 0 Å². The van der Waals surface area contributed by atoms with Crippen molar-refractivity contribution in [3.63, 3.8) is 0 Å². The summed E-state index contributed by atoms with van der Waals surface area (Å²) in [6.45, 7) is 5.92. The minimum atomic E-state index is -1.00. The Kier molecular flexibility index (Phi) is 3.75. The van der Waals surface area contributed by atoms with Gasteiger partial charge in [-0.25, -0.2) is 8.78 Å². The molecule has 0 aliphatic carbocycles. The van der Waals surface area contributed by atoms with E-state index in [2.05, 4.69) is 5.32 Å². The maximum Gasteiger partial charge on any atom is 0.182 e. The summed E-state index contributed by atoms with van der Waals surface area (Å²) in [6.07, 6.45) is 0. The molecule has 2 nitrogen and oxygen atoms in total. The molecule has 0 bridgehead atoms. The number of hydrogen-bond acceptors (Lipinski definition) is 2. The molecule has 0 amide bonds. The number of carbonyl (C=O) groups excluding carboxylic acids is 1. The van der Waals surface area contributed by atoms with Crippen molar-refractivity contribution in [1.29, 1.82) is 0 Å². The van der Waals surface area contributed by atoms with Crippen LogP contribution in [-0.2, 0) is 0 Å². The van der Waals surface area contributed by atoms with E-state index in [0.29, 0.717) is 6.54 Å². The fourth-order valence-electron chi connectivity index (χ4n) is 1.52. The topological polar surface area (TPSA) is 29.1 Å². The number of hydrogen-bond donors (Lipinski definition) is 1. The van der Waals surface area contributed by atoms with Crippen molar-refractivity contribution < 1.29 is 13.6 Å². The van der Waals surface area contributed by atoms with Gasteiger partial charge >= 0.3 is 0 Å². The summed E-state index contributed by atoms with van der Waals surface area (Å²) in [4.78, 5) is 12.0. The van der Waals surface area contributed by atoms with Gasteiger partial charge in [-0.15, -0.1) is 0 Å². The van der Waals surface area contributed by atoms with E-state index in [1.54, 1.807) is 13.8 Å². The largest absolute Gasteiger partial charge is 0.305 e. The molecular formula is C12H15F2NO. The van der Waals surface area contributed by atoms with Crippen molar-refractivity contribution in [2.24, 2.45) is 0 Å². The molecule has 0 aliphatic rings.